The maximum absolute atomic E-state index is 12.1. The molecule has 5 atom stereocenters. The Morgan fingerprint density at radius 3 is 1.87 bits per heavy atom. The first kappa shape index (κ1) is 28.0. The van der Waals surface area contributed by atoms with Crippen molar-refractivity contribution in [3.05, 3.63) is 108 Å². The third kappa shape index (κ3) is 8.23. The summed E-state index contributed by atoms with van der Waals surface area (Å²) in [5.74, 6) is -0.449. The Balaban J connectivity index is 1.55. The van der Waals surface area contributed by atoms with Crippen LogP contribution >= 0.6 is 0 Å². The fraction of sp³-hybridized carbons (Fsp3) is 0.406. The van der Waals surface area contributed by atoms with Crippen molar-refractivity contribution in [2.75, 3.05) is 13.2 Å². The number of hydrogen-bond acceptors (Lipinski definition) is 6. The van der Waals surface area contributed by atoms with Crippen molar-refractivity contribution in [2.24, 2.45) is 5.92 Å². The molecule has 38 heavy (non-hydrogen) atoms. The molecule has 3 aromatic carbocycles. The van der Waals surface area contributed by atoms with Gasteiger partial charge in [0.2, 0.25) is 0 Å². The summed E-state index contributed by atoms with van der Waals surface area (Å²) in [6.07, 6.45) is -0.871. The standard InChI is InChI=1S/C32H38O6/c1-3-35-29-19-28(31(32(29)38-24(2)33)37-22-27-17-11-6-12-18-27)30(36-21-26-15-9-5-10-16-26)23-34-20-25-13-7-4-8-14-25/h4-18,28-32H,3,19-23H2,1-2H3/t28-,29+,30+,31-,32-/m0/s1. The van der Waals surface area contributed by atoms with E-state index in [1.807, 2.05) is 97.9 Å². The molecule has 0 aliphatic heterocycles. The number of benzene rings is 3. The molecule has 0 spiro atoms. The molecule has 3 aromatic rings. The minimum atomic E-state index is -0.530. The Bertz CT molecular complexity index is 1070. The third-order valence-corrected chi connectivity index (χ3v) is 6.76. The molecular weight excluding hydrogens is 480 g/mol. The normalized spacial score (nSPS) is 21.7. The summed E-state index contributed by atoms with van der Waals surface area (Å²) in [6, 6.07) is 30.2. The van der Waals surface area contributed by atoms with E-state index in [9.17, 15) is 4.79 Å². The summed E-state index contributed by atoms with van der Waals surface area (Å²) in [5, 5.41) is 0. The molecule has 0 radical (unpaired) electrons. The van der Waals surface area contributed by atoms with Gasteiger partial charge < -0.3 is 23.7 Å². The molecule has 0 aromatic heterocycles. The average Bonchev–Trinajstić information content (AvgIpc) is 3.27. The summed E-state index contributed by atoms with van der Waals surface area (Å²) >= 11 is 0. The summed E-state index contributed by atoms with van der Waals surface area (Å²) in [5.41, 5.74) is 3.23. The van der Waals surface area contributed by atoms with Crippen molar-refractivity contribution in [1.82, 2.24) is 0 Å². The number of esters is 1. The zero-order valence-electron chi connectivity index (χ0n) is 22.2. The number of carbonyl (C=O) groups is 1. The Morgan fingerprint density at radius 1 is 0.763 bits per heavy atom. The zero-order chi connectivity index (χ0) is 26.6. The topological polar surface area (TPSA) is 63.2 Å². The Hall–Kier alpha value is -3.03. The number of hydrogen-bond donors (Lipinski definition) is 0. The van der Waals surface area contributed by atoms with Crippen molar-refractivity contribution in [3.8, 4) is 0 Å². The van der Waals surface area contributed by atoms with Crippen molar-refractivity contribution in [2.45, 2.75) is 64.5 Å². The average molecular weight is 519 g/mol. The van der Waals surface area contributed by atoms with Crippen LogP contribution in [0.4, 0.5) is 0 Å². The zero-order valence-corrected chi connectivity index (χ0v) is 22.2. The van der Waals surface area contributed by atoms with Crippen LogP contribution < -0.4 is 0 Å². The fourth-order valence-electron chi connectivity index (χ4n) is 4.99. The number of rotatable bonds is 14. The molecule has 1 fully saturated rings. The molecule has 6 nitrogen and oxygen atoms in total. The molecule has 0 bridgehead atoms. The molecule has 0 unspecified atom stereocenters. The highest BCUT2D eigenvalue weighted by molar-refractivity contribution is 5.66. The lowest BCUT2D eigenvalue weighted by molar-refractivity contribution is -0.168. The number of carbonyl (C=O) groups excluding carboxylic acids is 1. The third-order valence-electron chi connectivity index (χ3n) is 6.76. The van der Waals surface area contributed by atoms with Crippen molar-refractivity contribution >= 4 is 5.97 Å². The highest BCUT2D eigenvalue weighted by Crippen LogP contribution is 2.38. The van der Waals surface area contributed by atoms with E-state index in [1.165, 1.54) is 6.92 Å². The van der Waals surface area contributed by atoms with Crippen LogP contribution in [0, 0.1) is 5.92 Å². The SMILES string of the molecule is CCO[C@@H]1C[C@@H]([C@@H](COCc2ccccc2)OCc2ccccc2)[C@H](OCc2ccccc2)[C@H]1OC(C)=O. The van der Waals surface area contributed by atoms with Gasteiger partial charge in [0.1, 0.15) is 6.10 Å². The van der Waals surface area contributed by atoms with E-state index in [0.717, 1.165) is 16.7 Å². The minimum absolute atomic E-state index is 0.0981. The predicted octanol–water partition coefficient (Wildman–Crippen LogP) is 5.73. The second kappa shape index (κ2) is 14.8. The lowest BCUT2D eigenvalue weighted by atomic mass is 9.98. The first-order valence-electron chi connectivity index (χ1n) is 13.4. The molecule has 1 saturated carbocycles. The van der Waals surface area contributed by atoms with Crippen LogP contribution in [0.15, 0.2) is 91.0 Å². The highest BCUT2D eigenvalue weighted by Gasteiger charge is 2.50. The molecule has 1 aliphatic rings. The van der Waals surface area contributed by atoms with Gasteiger partial charge in [0.05, 0.1) is 38.6 Å². The van der Waals surface area contributed by atoms with Gasteiger partial charge in [-0.3, -0.25) is 4.79 Å². The largest absolute Gasteiger partial charge is 0.457 e. The van der Waals surface area contributed by atoms with Gasteiger partial charge in [-0.25, -0.2) is 0 Å². The minimum Gasteiger partial charge on any atom is -0.457 e. The summed E-state index contributed by atoms with van der Waals surface area (Å²) in [6.45, 7) is 5.59. The monoisotopic (exact) mass is 518 g/mol. The molecular formula is C32H38O6. The molecule has 0 saturated heterocycles. The van der Waals surface area contributed by atoms with Crippen molar-refractivity contribution in [1.29, 1.82) is 0 Å². The maximum atomic E-state index is 12.1. The van der Waals surface area contributed by atoms with Crippen molar-refractivity contribution in [3.63, 3.8) is 0 Å². The second-order valence-corrected chi connectivity index (χ2v) is 9.56. The molecule has 0 amide bonds. The summed E-state index contributed by atoms with van der Waals surface area (Å²) in [4.78, 5) is 12.1. The summed E-state index contributed by atoms with van der Waals surface area (Å²) < 4.78 is 31.1. The highest BCUT2D eigenvalue weighted by atomic mass is 16.6. The first-order chi connectivity index (χ1) is 18.6. The van der Waals surface area contributed by atoms with Gasteiger partial charge in [-0.1, -0.05) is 91.0 Å². The molecule has 4 rings (SSSR count). The molecule has 0 N–H and O–H groups in total. The molecule has 202 valence electrons. The lowest BCUT2D eigenvalue weighted by Gasteiger charge is -2.31. The van der Waals surface area contributed by atoms with Gasteiger partial charge in [-0.15, -0.1) is 0 Å². The Labute approximate surface area is 225 Å². The van der Waals surface area contributed by atoms with E-state index in [1.54, 1.807) is 0 Å². The lowest BCUT2D eigenvalue weighted by Crippen LogP contribution is -2.42. The van der Waals surface area contributed by atoms with E-state index in [0.29, 0.717) is 39.5 Å². The van der Waals surface area contributed by atoms with Crippen LogP contribution in [0.1, 0.15) is 37.0 Å². The quantitative estimate of drug-likeness (QED) is 0.254. The van der Waals surface area contributed by atoms with Gasteiger partial charge in [-0.05, 0) is 30.0 Å². The van der Waals surface area contributed by atoms with Crippen LogP contribution in [0.2, 0.25) is 0 Å². The Kier molecular flexibility index (Phi) is 10.9. The maximum Gasteiger partial charge on any atom is 0.303 e. The van der Waals surface area contributed by atoms with Crippen LogP contribution in [0.5, 0.6) is 0 Å². The second-order valence-electron chi connectivity index (χ2n) is 9.56. The Morgan fingerprint density at radius 2 is 1.32 bits per heavy atom. The van der Waals surface area contributed by atoms with Gasteiger partial charge in [0.25, 0.3) is 0 Å². The van der Waals surface area contributed by atoms with Crippen LogP contribution in [-0.4, -0.2) is 43.6 Å². The van der Waals surface area contributed by atoms with Gasteiger partial charge in [0, 0.05) is 19.4 Å². The van der Waals surface area contributed by atoms with E-state index in [-0.39, 0.29) is 24.1 Å². The van der Waals surface area contributed by atoms with E-state index in [4.69, 9.17) is 23.7 Å². The van der Waals surface area contributed by atoms with Crippen LogP contribution in [0.25, 0.3) is 0 Å². The summed E-state index contributed by atoms with van der Waals surface area (Å²) in [7, 11) is 0. The van der Waals surface area contributed by atoms with Gasteiger partial charge in [-0.2, -0.15) is 0 Å². The van der Waals surface area contributed by atoms with Gasteiger partial charge >= 0.3 is 5.97 Å². The van der Waals surface area contributed by atoms with E-state index < -0.39 is 12.2 Å². The van der Waals surface area contributed by atoms with Crippen molar-refractivity contribution < 1.29 is 28.5 Å². The predicted molar refractivity (Wildman–Crippen MR) is 145 cm³/mol. The fourth-order valence-corrected chi connectivity index (χ4v) is 4.99. The first-order valence-corrected chi connectivity index (χ1v) is 13.4. The number of ether oxygens (including phenoxy) is 5. The van der Waals surface area contributed by atoms with E-state index >= 15 is 0 Å². The van der Waals surface area contributed by atoms with Gasteiger partial charge in [0.15, 0.2) is 6.10 Å². The van der Waals surface area contributed by atoms with Crippen LogP contribution in [-0.2, 0) is 48.3 Å². The van der Waals surface area contributed by atoms with E-state index in [2.05, 4.69) is 0 Å². The van der Waals surface area contributed by atoms with Crippen LogP contribution in [0.3, 0.4) is 0 Å². The molecule has 1 aliphatic carbocycles. The molecule has 0 heterocycles. The smallest absolute Gasteiger partial charge is 0.303 e. The molecule has 6 heteroatoms.